The van der Waals surface area contributed by atoms with Gasteiger partial charge in [0.1, 0.15) is 0 Å². The van der Waals surface area contributed by atoms with Gasteiger partial charge in [-0.15, -0.1) is 0 Å². The van der Waals surface area contributed by atoms with Crippen molar-refractivity contribution in [2.24, 2.45) is 0 Å². The maximum atomic E-state index is 12.9. The molecule has 3 atom stereocenters. The van der Waals surface area contributed by atoms with Crippen LogP contribution in [0.25, 0.3) is 0 Å². The Morgan fingerprint density at radius 3 is 2.20 bits per heavy atom. The van der Waals surface area contributed by atoms with Crippen LogP contribution >= 0.6 is 11.6 Å². The minimum absolute atomic E-state index is 0.0376. The zero-order chi connectivity index (χ0) is 17.6. The minimum atomic E-state index is -0.0507. The molecule has 3 saturated heterocycles. The molecule has 1 aromatic carbocycles. The molecular weight excluding hydrogens is 340 g/mol. The molecule has 1 unspecified atom stereocenters. The molecule has 6 heteroatoms. The normalized spacial score (nSPS) is 28.8. The van der Waals surface area contributed by atoms with E-state index in [1.165, 1.54) is 4.90 Å². The van der Waals surface area contributed by atoms with Gasteiger partial charge in [-0.05, 0) is 37.3 Å². The molecule has 0 spiro atoms. The second-order valence-corrected chi connectivity index (χ2v) is 7.64. The number of likely N-dealkylation sites (tertiary alicyclic amines) is 1. The van der Waals surface area contributed by atoms with E-state index in [1.807, 2.05) is 23.1 Å². The van der Waals surface area contributed by atoms with E-state index in [4.69, 9.17) is 11.6 Å². The van der Waals surface area contributed by atoms with Gasteiger partial charge >= 0.3 is 0 Å². The van der Waals surface area contributed by atoms with E-state index in [2.05, 4.69) is 0 Å². The lowest BCUT2D eigenvalue weighted by Crippen LogP contribution is -2.54. The minimum Gasteiger partial charge on any atom is -0.336 e. The van der Waals surface area contributed by atoms with Crippen LogP contribution in [-0.2, 0) is 20.8 Å². The first-order valence-electron chi connectivity index (χ1n) is 8.94. The summed E-state index contributed by atoms with van der Waals surface area (Å²) in [5.74, 6) is -0.00591. The third-order valence-corrected chi connectivity index (χ3v) is 6.12. The first-order valence-corrected chi connectivity index (χ1v) is 9.32. The van der Waals surface area contributed by atoms with Crippen LogP contribution in [0.1, 0.15) is 44.1 Å². The third kappa shape index (κ3) is 2.95. The number of piperidine rings is 1. The van der Waals surface area contributed by atoms with Crippen LogP contribution < -0.4 is 0 Å². The lowest BCUT2D eigenvalue weighted by atomic mass is 9.95. The van der Waals surface area contributed by atoms with Crippen molar-refractivity contribution in [3.05, 3.63) is 34.9 Å². The van der Waals surface area contributed by atoms with Crippen molar-refractivity contribution in [2.45, 2.75) is 63.1 Å². The summed E-state index contributed by atoms with van der Waals surface area (Å²) in [6, 6.07) is 7.64. The molecule has 5 nitrogen and oxygen atoms in total. The number of benzene rings is 1. The highest BCUT2D eigenvalue weighted by atomic mass is 35.5. The monoisotopic (exact) mass is 360 g/mol. The van der Waals surface area contributed by atoms with Crippen LogP contribution in [0.4, 0.5) is 0 Å². The predicted molar refractivity (Wildman–Crippen MR) is 92.9 cm³/mol. The van der Waals surface area contributed by atoms with Gasteiger partial charge in [0.15, 0.2) is 0 Å². The van der Waals surface area contributed by atoms with Crippen LogP contribution in [0.15, 0.2) is 24.3 Å². The summed E-state index contributed by atoms with van der Waals surface area (Å²) < 4.78 is 0. The summed E-state index contributed by atoms with van der Waals surface area (Å²) in [5, 5.41) is 0.617. The Morgan fingerprint density at radius 2 is 1.60 bits per heavy atom. The summed E-state index contributed by atoms with van der Waals surface area (Å²) >= 11 is 6.18. The molecule has 3 aliphatic heterocycles. The number of carbonyl (C=O) groups is 3. The average Bonchev–Trinajstić information content (AvgIpc) is 3.06. The standard InChI is InChI=1S/C19H21ClN2O3/c20-16-4-2-1-3-12(16)9-19(25)21-13-5-6-14(21)11-15(10-13)22-17(23)7-8-18(22)24/h1-4,13-15H,5-11H2/t13-,14+,15?. The number of imide groups is 1. The number of carbonyl (C=O) groups excluding carboxylic acids is 3. The van der Waals surface area contributed by atoms with E-state index in [1.54, 1.807) is 6.07 Å². The summed E-state index contributed by atoms with van der Waals surface area (Å²) in [6.07, 6.45) is 4.29. The number of rotatable bonds is 3. The summed E-state index contributed by atoms with van der Waals surface area (Å²) in [7, 11) is 0. The fourth-order valence-electron chi connectivity index (χ4n) is 4.66. The lowest BCUT2D eigenvalue weighted by Gasteiger charge is -2.41. The Bertz CT molecular complexity index is 705. The first kappa shape index (κ1) is 16.6. The third-order valence-electron chi connectivity index (χ3n) is 5.75. The fourth-order valence-corrected chi connectivity index (χ4v) is 4.87. The van der Waals surface area contributed by atoms with Crippen LogP contribution in [0.3, 0.4) is 0 Å². The topological polar surface area (TPSA) is 57.7 Å². The van der Waals surface area contributed by atoms with E-state index < -0.39 is 0 Å². The quantitative estimate of drug-likeness (QED) is 0.778. The van der Waals surface area contributed by atoms with Crippen LogP contribution in [-0.4, -0.2) is 45.6 Å². The van der Waals surface area contributed by atoms with Crippen molar-refractivity contribution in [2.75, 3.05) is 0 Å². The molecule has 2 bridgehead atoms. The van der Waals surface area contributed by atoms with Gasteiger partial charge in [-0.1, -0.05) is 29.8 Å². The molecule has 25 heavy (non-hydrogen) atoms. The molecule has 1 aromatic rings. The van der Waals surface area contributed by atoms with Gasteiger partial charge in [0.2, 0.25) is 17.7 Å². The molecule has 0 saturated carbocycles. The predicted octanol–water partition coefficient (Wildman–Crippen LogP) is 2.55. The van der Waals surface area contributed by atoms with Crippen molar-refractivity contribution in [1.29, 1.82) is 0 Å². The number of nitrogens with zero attached hydrogens (tertiary/aromatic N) is 2. The molecule has 0 radical (unpaired) electrons. The van der Waals surface area contributed by atoms with Crippen LogP contribution in [0.2, 0.25) is 5.02 Å². The van der Waals surface area contributed by atoms with Crippen molar-refractivity contribution in [3.8, 4) is 0 Å². The number of amides is 3. The highest BCUT2D eigenvalue weighted by Gasteiger charge is 2.47. The second-order valence-electron chi connectivity index (χ2n) is 7.24. The van der Waals surface area contributed by atoms with E-state index in [9.17, 15) is 14.4 Å². The Labute approximate surface area is 151 Å². The Balaban J connectivity index is 1.47. The van der Waals surface area contributed by atoms with Crippen molar-refractivity contribution in [3.63, 3.8) is 0 Å². The smallest absolute Gasteiger partial charge is 0.229 e. The Hall–Kier alpha value is -1.88. The second kappa shape index (κ2) is 6.45. The number of halogens is 1. The molecule has 4 rings (SSSR count). The maximum absolute atomic E-state index is 12.9. The van der Waals surface area contributed by atoms with Gasteiger partial charge < -0.3 is 4.90 Å². The fraction of sp³-hybridized carbons (Fsp3) is 0.526. The SMILES string of the molecule is O=C1CCC(=O)N1C1C[C@H]2CC[C@@H](C1)N2C(=O)Cc1ccccc1Cl. The molecule has 132 valence electrons. The van der Waals surface area contributed by atoms with Crippen molar-refractivity contribution < 1.29 is 14.4 Å². The summed E-state index contributed by atoms with van der Waals surface area (Å²) in [4.78, 5) is 40.4. The Kier molecular flexibility index (Phi) is 4.28. The van der Waals surface area contributed by atoms with Gasteiger partial charge in [0.05, 0.1) is 6.42 Å². The molecule has 0 N–H and O–H groups in total. The molecule has 3 heterocycles. The van der Waals surface area contributed by atoms with Gasteiger partial charge in [0.25, 0.3) is 0 Å². The zero-order valence-corrected chi connectivity index (χ0v) is 14.7. The van der Waals surface area contributed by atoms with E-state index >= 15 is 0 Å². The van der Waals surface area contributed by atoms with E-state index in [-0.39, 0.29) is 35.8 Å². The van der Waals surface area contributed by atoms with Gasteiger partial charge in [-0.2, -0.15) is 0 Å². The van der Waals surface area contributed by atoms with Gasteiger partial charge in [-0.3, -0.25) is 19.3 Å². The maximum Gasteiger partial charge on any atom is 0.229 e. The Morgan fingerprint density at radius 1 is 1.00 bits per heavy atom. The van der Waals surface area contributed by atoms with Crippen molar-refractivity contribution in [1.82, 2.24) is 9.80 Å². The number of hydrogen-bond acceptors (Lipinski definition) is 3. The van der Waals surface area contributed by atoms with Gasteiger partial charge in [0, 0.05) is 36.0 Å². The highest BCUT2D eigenvalue weighted by molar-refractivity contribution is 6.31. The largest absolute Gasteiger partial charge is 0.336 e. The van der Waals surface area contributed by atoms with E-state index in [0.717, 1.165) is 18.4 Å². The highest BCUT2D eigenvalue weighted by Crippen LogP contribution is 2.39. The van der Waals surface area contributed by atoms with Crippen molar-refractivity contribution >= 4 is 29.3 Å². The zero-order valence-electron chi connectivity index (χ0n) is 14.0. The van der Waals surface area contributed by atoms with Crippen LogP contribution in [0, 0.1) is 0 Å². The first-order chi connectivity index (χ1) is 12.0. The molecule has 0 aromatic heterocycles. The molecule has 3 aliphatic rings. The van der Waals surface area contributed by atoms with Crippen LogP contribution in [0.5, 0.6) is 0 Å². The summed E-state index contributed by atoms with van der Waals surface area (Å²) in [5.41, 5.74) is 0.848. The summed E-state index contributed by atoms with van der Waals surface area (Å²) in [6.45, 7) is 0. The van der Waals surface area contributed by atoms with E-state index in [0.29, 0.717) is 37.1 Å². The lowest BCUT2D eigenvalue weighted by molar-refractivity contribution is -0.144. The molecule has 3 fully saturated rings. The number of fused-ring (bicyclic) bond motifs is 2. The number of hydrogen-bond donors (Lipinski definition) is 0. The molecular formula is C19H21ClN2O3. The molecule has 0 aliphatic carbocycles. The van der Waals surface area contributed by atoms with Gasteiger partial charge in [-0.25, -0.2) is 0 Å². The molecule has 3 amide bonds. The average molecular weight is 361 g/mol.